The van der Waals surface area contributed by atoms with E-state index in [0.717, 1.165) is 44.6 Å². The van der Waals surface area contributed by atoms with Gasteiger partial charge in [-0.05, 0) is 32.2 Å². The maximum atomic E-state index is 11.8. The Balaban J connectivity index is 1.72. The molecule has 2 aliphatic rings. The summed E-state index contributed by atoms with van der Waals surface area (Å²) in [6.45, 7) is 4.39. The topological polar surface area (TPSA) is 49.3 Å². The molecule has 5 nitrogen and oxygen atoms in total. The van der Waals surface area contributed by atoms with Crippen molar-refractivity contribution in [1.29, 1.82) is 0 Å². The first kappa shape index (κ1) is 14.2. The van der Waals surface area contributed by atoms with E-state index in [-0.39, 0.29) is 5.91 Å². The summed E-state index contributed by atoms with van der Waals surface area (Å²) in [5, 5.41) is 4.11. The second-order valence-electron chi connectivity index (χ2n) is 5.60. The molecule has 20 heavy (non-hydrogen) atoms. The van der Waals surface area contributed by atoms with Gasteiger partial charge in [0.1, 0.15) is 10.0 Å². The summed E-state index contributed by atoms with van der Waals surface area (Å²) in [6.07, 6.45) is 4.57. The lowest BCUT2D eigenvalue weighted by molar-refractivity contribution is -0.130. The van der Waals surface area contributed by atoms with Crippen LogP contribution in [0.3, 0.4) is 0 Å². The molecule has 0 unspecified atom stereocenters. The summed E-state index contributed by atoms with van der Waals surface area (Å²) in [7, 11) is 0. The Morgan fingerprint density at radius 3 is 2.80 bits per heavy atom. The van der Waals surface area contributed by atoms with Crippen molar-refractivity contribution in [3.05, 3.63) is 10.0 Å². The zero-order valence-electron chi connectivity index (χ0n) is 11.6. The van der Waals surface area contributed by atoms with Gasteiger partial charge in [0.25, 0.3) is 0 Å². The van der Waals surface area contributed by atoms with Crippen LogP contribution >= 0.6 is 23.1 Å². The fourth-order valence-electron chi connectivity index (χ4n) is 3.55. The SMILES string of the molecule is CC(=O)N1CCC[C@H]1[C@H]1CCCN1Cc1nnsc1Cl. The molecular formula is C13H19ClN4OS. The number of aromatic nitrogens is 2. The van der Waals surface area contributed by atoms with Crippen molar-refractivity contribution in [3.8, 4) is 0 Å². The van der Waals surface area contributed by atoms with Gasteiger partial charge >= 0.3 is 0 Å². The number of carbonyl (C=O) groups excluding carboxylic acids is 1. The summed E-state index contributed by atoms with van der Waals surface area (Å²) in [5.41, 5.74) is 0.871. The molecular weight excluding hydrogens is 296 g/mol. The smallest absolute Gasteiger partial charge is 0.219 e. The molecule has 0 radical (unpaired) electrons. The average Bonchev–Trinajstić information content (AvgIpc) is 3.11. The van der Waals surface area contributed by atoms with E-state index in [0.29, 0.717) is 16.4 Å². The Kier molecular flexibility index (Phi) is 4.23. The second-order valence-corrected chi connectivity index (χ2v) is 6.95. The molecule has 0 aromatic carbocycles. The Labute approximate surface area is 128 Å². The highest BCUT2D eigenvalue weighted by Gasteiger charge is 2.38. The van der Waals surface area contributed by atoms with E-state index in [4.69, 9.17) is 11.6 Å². The maximum absolute atomic E-state index is 11.8. The Morgan fingerprint density at radius 1 is 1.35 bits per heavy atom. The number of halogens is 1. The van der Waals surface area contributed by atoms with Crippen LogP contribution in [0.15, 0.2) is 0 Å². The molecule has 0 spiro atoms. The minimum atomic E-state index is 0.202. The normalized spacial score (nSPS) is 27.4. The van der Waals surface area contributed by atoms with Crippen LogP contribution in [0.5, 0.6) is 0 Å². The van der Waals surface area contributed by atoms with Gasteiger partial charge in [0.15, 0.2) is 0 Å². The monoisotopic (exact) mass is 314 g/mol. The van der Waals surface area contributed by atoms with Crippen LogP contribution < -0.4 is 0 Å². The van der Waals surface area contributed by atoms with Crippen molar-refractivity contribution in [2.45, 2.75) is 51.2 Å². The molecule has 0 saturated carbocycles. The highest BCUT2D eigenvalue weighted by Crippen LogP contribution is 2.32. The van der Waals surface area contributed by atoms with Crippen LogP contribution in [0, 0.1) is 0 Å². The van der Waals surface area contributed by atoms with E-state index < -0.39 is 0 Å². The van der Waals surface area contributed by atoms with Crippen molar-refractivity contribution >= 4 is 29.0 Å². The minimum Gasteiger partial charge on any atom is -0.338 e. The van der Waals surface area contributed by atoms with Crippen LogP contribution in [0.2, 0.25) is 4.34 Å². The summed E-state index contributed by atoms with van der Waals surface area (Å²) in [4.78, 5) is 16.2. The van der Waals surface area contributed by atoms with E-state index in [1.54, 1.807) is 6.92 Å². The van der Waals surface area contributed by atoms with Crippen molar-refractivity contribution < 1.29 is 4.79 Å². The van der Waals surface area contributed by atoms with Crippen molar-refractivity contribution in [2.24, 2.45) is 0 Å². The molecule has 1 aromatic rings. The quantitative estimate of drug-likeness (QED) is 0.858. The van der Waals surface area contributed by atoms with E-state index in [2.05, 4.69) is 14.5 Å². The largest absolute Gasteiger partial charge is 0.338 e. The first-order chi connectivity index (χ1) is 9.66. The van der Waals surface area contributed by atoms with Crippen molar-refractivity contribution in [3.63, 3.8) is 0 Å². The second kappa shape index (κ2) is 5.95. The summed E-state index contributed by atoms with van der Waals surface area (Å²) >= 11 is 7.35. The van der Waals surface area contributed by atoms with Gasteiger partial charge in [-0.25, -0.2) is 0 Å². The van der Waals surface area contributed by atoms with Gasteiger partial charge in [0.2, 0.25) is 5.91 Å². The number of hydrogen-bond acceptors (Lipinski definition) is 5. The highest BCUT2D eigenvalue weighted by atomic mass is 35.5. The molecule has 2 saturated heterocycles. The van der Waals surface area contributed by atoms with E-state index in [1.165, 1.54) is 18.0 Å². The van der Waals surface area contributed by atoms with Crippen LogP contribution in [0.1, 0.15) is 38.3 Å². The molecule has 0 N–H and O–H groups in total. The fraction of sp³-hybridized carbons (Fsp3) is 0.769. The molecule has 2 atom stereocenters. The third kappa shape index (κ3) is 2.69. The maximum Gasteiger partial charge on any atom is 0.219 e. The molecule has 0 aliphatic carbocycles. The molecule has 7 heteroatoms. The predicted molar refractivity (Wildman–Crippen MR) is 78.8 cm³/mol. The Bertz CT molecular complexity index is 494. The van der Waals surface area contributed by atoms with Crippen LogP contribution in [0.25, 0.3) is 0 Å². The standard InChI is InChI=1S/C13H19ClN4OS/c1-9(19)18-7-3-5-12(18)11-4-2-6-17(11)8-10-13(14)20-16-15-10/h11-12H,2-8H2,1H3/t11-,12+/m1/s1. The number of amides is 1. The molecule has 1 amide bonds. The minimum absolute atomic E-state index is 0.202. The molecule has 110 valence electrons. The number of hydrogen-bond donors (Lipinski definition) is 0. The van der Waals surface area contributed by atoms with Gasteiger partial charge < -0.3 is 4.90 Å². The van der Waals surface area contributed by atoms with E-state index >= 15 is 0 Å². The lowest BCUT2D eigenvalue weighted by atomic mass is 10.0. The van der Waals surface area contributed by atoms with Gasteiger partial charge in [0, 0.05) is 43.6 Å². The van der Waals surface area contributed by atoms with Gasteiger partial charge in [-0.1, -0.05) is 16.1 Å². The van der Waals surface area contributed by atoms with Crippen molar-refractivity contribution in [2.75, 3.05) is 13.1 Å². The van der Waals surface area contributed by atoms with Gasteiger partial charge in [0.05, 0.1) is 0 Å². The summed E-state index contributed by atoms with van der Waals surface area (Å²) in [6, 6.07) is 0.805. The van der Waals surface area contributed by atoms with Crippen LogP contribution in [-0.2, 0) is 11.3 Å². The molecule has 3 heterocycles. The number of rotatable bonds is 3. The van der Waals surface area contributed by atoms with Gasteiger partial charge in [-0.3, -0.25) is 9.69 Å². The fourth-order valence-corrected chi connectivity index (χ4v) is 4.16. The van der Waals surface area contributed by atoms with Gasteiger partial charge in [-0.2, -0.15) is 0 Å². The Hall–Kier alpha value is -0.720. The zero-order valence-corrected chi connectivity index (χ0v) is 13.2. The molecule has 2 aliphatic heterocycles. The first-order valence-electron chi connectivity index (χ1n) is 7.15. The first-order valence-corrected chi connectivity index (χ1v) is 8.30. The summed E-state index contributed by atoms with van der Waals surface area (Å²) < 4.78 is 4.58. The zero-order chi connectivity index (χ0) is 14.1. The van der Waals surface area contributed by atoms with Crippen molar-refractivity contribution in [1.82, 2.24) is 19.4 Å². The predicted octanol–water partition coefficient (Wildman–Crippen LogP) is 2.17. The lowest BCUT2D eigenvalue weighted by Crippen LogP contribution is -2.47. The highest BCUT2D eigenvalue weighted by molar-refractivity contribution is 7.10. The van der Waals surface area contributed by atoms with E-state index in [1.807, 2.05) is 4.90 Å². The molecule has 1 aromatic heterocycles. The van der Waals surface area contributed by atoms with Crippen LogP contribution in [0.4, 0.5) is 0 Å². The van der Waals surface area contributed by atoms with E-state index in [9.17, 15) is 4.79 Å². The Morgan fingerprint density at radius 2 is 2.10 bits per heavy atom. The third-order valence-corrected chi connectivity index (χ3v) is 5.41. The summed E-state index contributed by atoms with van der Waals surface area (Å²) in [5.74, 6) is 0.202. The van der Waals surface area contributed by atoms with Gasteiger partial charge in [-0.15, -0.1) is 5.10 Å². The molecule has 2 fully saturated rings. The molecule has 0 bridgehead atoms. The lowest BCUT2D eigenvalue weighted by Gasteiger charge is -2.34. The van der Waals surface area contributed by atoms with Crippen LogP contribution in [-0.4, -0.2) is 50.5 Å². The molecule has 3 rings (SSSR count). The average molecular weight is 315 g/mol. The number of carbonyl (C=O) groups is 1. The number of nitrogens with zero attached hydrogens (tertiary/aromatic N) is 4. The number of likely N-dealkylation sites (tertiary alicyclic amines) is 2. The third-order valence-electron chi connectivity index (χ3n) is 4.42.